The molecule has 1 aliphatic heterocycles. The van der Waals surface area contributed by atoms with Crippen LogP contribution in [0.15, 0.2) is 46.9 Å². The Morgan fingerprint density at radius 3 is 2.56 bits per heavy atom. The van der Waals surface area contributed by atoms with Crippen LogP contribution in [-0.4, -0.2) is 23.9 Å². The number of carbonyl (C=O) groups is 1. The third-order valence-electron chi connectivity index (χ3n) is 5.62. The lowest BCUT2D eigenvalue weighted by Crippen LogP contribution is -2.20. The maximum atomic E-state index is 12.0. The van der Waals surface area contributed by atoms with E-state index in [1.54, 1.807) is 12.2 Å². The zero-order valence-electron chi connectivity index (χ0n) is 16.0. The molecule has 2 atom stereocenters. The van der Waals surface area contributed by atoms with Crippen LogP contribution in [0.2, 0.25) is 0 Å². The van der Waals surface area contributed by atoms with Crippen molar-refractivity contribution in [1.82, 2.24) is 10.2 Å². The Balaban J connectivity index is 1.23. The van der Waals surface area contributed by atoms with Crippen LogP contribution >= 0.6 is 0 Å². The van der Waals surface area contributed by atoms with Gasteiger partial charge in [-0.05, 0) is 67.6 Å². The second-order valence-electron chi connectivity index (χ2n) is 7.91. The standard InChI is InChI=1S/C23H28N2O2/c1-17-14-21(17)22-10-8-20(27-22)9-11-23(26)24-15-18-4-6-19(7-5-18)16-25-12-2-3-13-25/h4-11,17,21H,2-3,12-16H2,1H3,(H,24,26)/b11-9+. The van der Waals surface area contributed by atoms with Gasteiger partial charge >= 0.3 is 0 Å². The minimum Gasteiger partial charge on any atom is -0.461 e. The molecule has 2 heterocycles. The molecule has 142 valence electrons. The number of rotatable bonds is 7. The molecule has 2 aromatic rings. The first-order valence-electron chi connectivity index (χ1n) is 10.0. The first kappa shape index (κ1) is 18.1. The van der Waals surface area contributed by atoms with Gasteiger partial charge in [0.25, 0.3) is 0 Å². The van der Waals surface area contributed by atoms with E-state index in [0.717, 1.165) is 29.5 Å². The van der Waals surface area contributed by atoms with Gasteiger partial charge in [0.15, 0.2) is 0 Å². The van der Waals surface area contributed by atoms with Crippen molar-refractivity contribution < 1.29 is 9.21 Å². The van der Waals surface area contributed by atoms with E-state index < -0.39 is 0 Å². The Morgan fingerprint density at radius 1 is 1.15 bits per heavy atom. The topological polar surface area (TPSA) is 45.5 Å². The molecular weight excluding hydrogens is 336 g/mol. The van der Waals surface area contributed by atoms with Crippen molar-refractivity contribution in [1.29, 1.82) is 0 Å². The molecule has 0 bridgehead atoms. The molecule has 4 nitrogen and oxygen atoms in total. The summed E-state index contributed by atoms with van der Waals surface area (Å²) in [6.45, 7) is 6.22. The van der Waals surface area contributed by atoms with Crippen LogP contribution < -0.4 is 5.32 Å². The zero-order valence-corrected chi connectivity index (χ0v) is 16.0. The van der Waals surface area contributed by atoms with Crippen LogP contribution in [0, 0.1) is 5.92 Å². The molecule has 4 rings (SSSR count). The van der Waals surface area contributed by atoms with E-state index in [9.17, 15) is 4.79 Å². The fourth-order valence-electron chi connectivity index (χ4n) is 3.74. The highest BCUT2D eigenvalue weighted by molar-refractivity contribution is 5.91. The molecule has 0 radical (unpaired) electrons. The van der Waals surface area contributed by atoms with Gasteiger partial charge in [0.2, 0.25) is 5.91 Å². The van der Waals surface area contributed by atoms with Crippen LogP contribution in [0.3, 0.4) is 0 Å². The number of furan rings is 1. The van der Waals surface area contributed by atoms with Crippen molar-refractivity contribution in [3.63, 3.8) is 0 Å². The number of nitrogens with one attached hydrogen (secondary N) is 1. The molecule has 2 fully saturated rings. The summed E-state index contributed by atoms with van der Waals surface area (Å²) in [5.41, 5.74) is 2.45. The summed E-state index contributed by atoms with van der Waals surface area (Å²) >= 11 is 0. The number of hydrogen-bond acceptors (Lipinski definition) is 3. The predicted molar refractivity (Wildman–Crippen MR) is 107 cm³/mol. The Labute approximate surface area is 161 Å². The molecule has 1 saturated heterocycles. The SMILES string of the molecule is CC1CC1c1ccc(/C=C/C(=O)NCc2ccc(CN3CCCC3)cc2)o1. The van der Waals surface area contributed by atoms with Crippen LogP contribution in [0.1, 0.15) is 54.8 Å². The molecule has 1 aliphatic carbocycles. The highest BCUT2D eigenvalue weighted by Crippen LogP contribution is 2.47. The third-order valence-corrected chi connectivity index (χ3v) is 5.62. The van der Waals surface area contributed by atoms with Crippen molar-refractivity contribution in [2.75, 3.05) is 13.1 Å². The van der Waals surface area contributed by atoms with Crippen molar-refractivity contribution in [3.05, 3.63) is 65.1 Å². The van der Waals surface area contributed by atoms with Crippen molar-refractivity contribution in [2.45, 2.75) is 45.2 Å². The van der Waals surface area contributed by atoms with Crippen LogP contribution in [-0.2, 0) is 17.9 Å². The third kappa shape index (κ3) is 4.89. The number of likely N-dealkylation sites (tertiary alicyclic amines) is 1. The molecular formula is C23H28N2O2. The zero-order chi connectivity index (χ0) is 18.6. The second-order valence-corrected chi connectivity index (χ2v) is 7.91. The van der Waals surface area contributed by atoms with Gasteiger partial charge in [-0.3, -0.25) is 9.69 Å². The maximum absolute atomic E-state index is 12.0. The Bertz CT molecular complexity index is 800. The van der Waals surface area contributed by atoms with Gasteiger partial charge in [-0.2, -0.15) is 0 Å². The summed E-state index contributed by atoms with van der Waals surface area (Å²) < 4.78 is 5.79. The number of nitrogens with zero attached hydrogens (tertiary/aromatic N) is 1. The molecule has 4 heteroatoms. The smallest absolute Gasteiger partial charge is 0.244 e. The minimum atomic E-state index is -0.103. The lowest BCUT2D eigenvalue weighted by molar-refractivity contribution is -0.116. The van der Waals surface area contributed by atoms with Crippen LogP contribution in [0.25, 0.3) is 6.08 Å². The summed E-state index contributed by atoms with van der Waals surface area (Å²) in [5.74, 6) is 2.96. The van der Waals surface area contributed by atoms with Gasteiger partial charge in [-0.25, -0.2) is 0 Å². The molecule has 1 saturated carbocycles. The molecule has 2 unspecified atom stereocenters. The normalized spacial score (nSPS) is 22.4. The van der Waals surface area contributed by atoms with E-state index in [2.05, 4.69) is 41.4 Å². The number of amides is 1. The summed E-state index contributed by atoms with van der Waals surface area (Å²) in [6.07, 6.45) is 7.12. The van der Waals surface area contributed by atoms with E-state index in [1.165, 1.54) is 37.9 Å². The molecule has 1 amide bonds. The second kappa shape index (κ2) is 8.13. The minimum absolute atomic E-state index is 0.103. The fraction of sp³-hybridized carbons (Fsp3) is 0.435. The van der Waals surface area contributed by atoms with Gasteiger partial charge < -0.3 is 9.73 Å². The van der Waals surface area contributed by atoms with Crippen molar-refractivity contribution >= 4 is 12.0 Å². The van der Waals surface area contributed by atoms with Gasteiger partial charge in [-0.1, -0.05) is 31.2 Å². The maximum Gasteiger partial charge on any atom is 0.244 e. The predicted octanol–water partition coefficient (Wildman–Crippen LogP) is 4.33. The number of carbonyl (C=O) groups excluding carboxylic acids is 1. The summed E-state index contributed by atoms with van der Waals surface area (Å²) in [4.78, 5) is 14.5. The molecule has 2 aliphatic rings. The fourth-order valence-corrected chi connectivity index (χ4v) is 3.74. The average molecular weight is 364 g/mol. The van der Waals surface area contributed by atoms with E-state index >= 15 is 0 Å². The molecule has 1 aromatic carbocycles. The summed E-state index contributed by atoms with van der Waals surface area (Å²) in [5, 5.41) is 2.93. The molecule has 1 aromatic heterocycles. The Hall–Kier alpha value is -2.33. The van der Waals surface area contributed by atoms with Crippen molar-refractivity contribution in [3.8, 4) is 0 Å². The summed E-state index contributed by atoms with van der Waals surface area (Å²) in [6, 6.07) is 12.5. The first-order valence-corrected chi connectivity index (χ1v) is 10.0. The van der Waals surface area contributed by atoms with E-state index in [4.69, 9.17) is 4.42 Å². The average Bonchev–Trinajstić information content (AvgIpc) is 3.07. The summed E-state index contributed by atoms with van der Waals surface area (Å²) in [7, 11) is 0. The largest absolute Gasteiger partial charge is 0.461 e. The lowest BCUT2D eigenvalue weighted by Gasteiger charge is -2.14. The Kier molecular flexibility index (Phi) is 5.44. The van der Waals surface area contributed by atoms with Crippen LogP contribution in [0.4, 0.5) is 0 Å². The van der Waals surface area contributed by atoms with Gasteiger partial charge in [0, 0.05) is 25.1 Å². The van der Waals surface area contributed by atoms with E-state index in [1.807, 2.05) is 12.1 Å². The number of hydrogen-bond donors (Lipinski definition) is 1. The lowest BCUT2D eigenvalue weighted by atomic mass is 10.1. The van der Waals surface area contributed by atoms with E-state index in [0.29, 0.717) is 12.5 Å². The first-order chi connectivity index (χ1) is 13.2. The van der Waals surface area contributed by atoms with E-state index in [-0.39, 0.29) is 5.91 Å². The highest BCUT2D eigenvalue weighted by Gasteiger charge is 2.36. The van der Waals surface area contributed by atoms with Gasteiger partial charge in [0.1, 0.15) is 11.5 Å². The Morgan fingerprint density at radius 2 is 1.85 bits per heavy atom. The van der Waals surface area contributed by atoms with Crippen LogP contribution in [0.5, 0.6) is 0 Å². The van der Waals surface area contributed by atoms with Crippen molar-refractivity contribution in [2.24, 2.45) is 5.92 Å². The van der Waals surface area contributed by atoms with Gasteiger partial charge in [0.05, 0.1) is 0 Å². The number of benzene rings is 1. The molecule has 27 heavy (non-hydrogen) atoms. The molecule has 0 spiro atoms. The van der Waals surface area contributed by atoms with Gasteiger partial charge in [-0.15, -0.1) is 0 Å². The molecule has 1 N–H and O–H groups in total. The quantitative estimate of drug-likeness (QED) is 0.744. The monoisotopic (exact) mass is 364 g/mol. The highest BCUT2D eigenvalue weighted by atomic mass is 16.3.